The van der Waals surface area contributed by atoms with Crippen molar-refractivity contribution in [2.75, 3.05) is 14.2 Å². The number of hydrogen-bond acceptors (Lipinski definition) is 4. The summed E-state index contributed by atoms with van der Waals surface area (Å²) in [5.41, 5.74) is 1.68. The van der Waals surface area contributed by atoms with E-state index in [4.69, 9.17) is 9.47 Å². The van der Waals surface area contributed by atoms with E-state index < -0.39 is 0 Å². The zero-order valence-electron chi connectivity index (χ0n) is 14.2. The van der Waals surface area contributed by atoms with Crippen LogP contribution in [0, 0.1) is 0 Å². The quantitative estimate of drug-likeness (QED) is 0.853. The van der Waals surface area contributed by atoms with E-state index in [0.29, 0.717) is 23.0 Å². The first-order valence-corrected chi connectivity index (χ1v) is 8.45. The lowest BCUT2D eigenvalue weighted by Crippen LogP contribution is -2.26. The van der Waals surface area contributed by atoms with E-state index in [2.05, 4.69) is 19.2 Å². The highest BCUT2D eigenvalue weighted by molar-refractivity contribution is 7.10. The molecule has 0 fully saturated rings. The zero-order chi connectivity index (χ0) is 17.0. The Morgan fingerprint density at radius 1 is 1.09 bits per heavy atom. The van der Waals surface area contributed by atoms with Crippen molar-refractivity contribution in [3.05, 3.63) is 45.6 Å². The van der Waals surface area contributed by atoms with Crippen LogP contribution in [-0.2, 0) is 0 Å². The molecule has 23 heavy (non-hydrogen) atoms. The maximum atomic E-state index is 12.4. The van der Waals surface area contributed by atoms with Crippen molar-refractivity contribution in [2.24, 2.45) is 0 Å². The van der Waals surface area contributed by atoms with Crippen LogP contribution in [0.3, 0.4) is 0 Å². The number of amides is 1. The Labute approximate surface area is 141 Å². The number of methoxy groups -OCH3 is 2. The van der Waals surface area contributed by atoms with Gasteiger partial charge in [0, 0.05) is 10.3 Å². The van der Waals surface area contributed by atoms with Gasteiger partial charge in [0.05, 0.1) is 25.8 Å². The van der Waals surface area contributed by atoms with Gasteiger partial charge in [-0.25, -0.2) is 0 Å². The van der Waals surface area contributed by atoms with Crippen LogP contribution in [-0.4, -0.2) is 20.1 Å². The molecular formula is C18H23NO3S. The van der Waals surface area contributed by atoms with Crippen molar-refractivity contribution in [3.8, 4) is 11.5 Å². The summed E-state index contributed by atoms with van der Waals surface area (Å²) >= 11 is 1.62. The van der Waals surface area contributed by atoms with E-state index in [1.54, 1.807) is 25.6 Å². The minimum absolute atomic E-state index is 0.0598. The van der Waals surface area contributed by atoms with Crippen LogP contribution in [0.25, 0.3) is 0 Å². The molecule has 2 aromatic rings. The maximum absolute atomic E-state index is 12.4. The number of hydrogen-bond donors (Lipinski definition) is 1. The summed E-state index contributed by atoms with van der Waals surface area (Å²) in [5.74, 6) is 1.71. The number of nitrogens with one attached hydrogen (secondary N) is 1. The minimum atomic E-state index is -0.121. The molecule has 0 saturated carbocycles. The van der Waals surface area contributed by atoms with Gasteiger partial charge >= 0.3 is 0 Å². The van der Waals surface area contributed by atoms with Crippen molar-refractivity contribution >= 4 is 17.2 Å². The van der Waals surface area contributed by atoms with Gasteiger partial charge in [-0.05, 0) is 36.6 Å². The highest BCUT2D eigenvalue weighted by atomic mass is 32.1. The van der Waals surface area contributed by atoms with Gasteiger partial charge in [-0.15, -0.1) is 11.3 Å². The Balaban J connectivity index is 2.11. The second-order valence-corrected chi connectivity index (χ2v) is 6.64. The molecular weight excluding hydrogens is 310 g/mol. The summed E-state index contributed by atoms with van der Waals surface area (Å²) in [5, 5.41) is 4.93. The topological polar surface area (TPSA) is 47.6 Å². The lowest BCUT2D eigenvalue weighted by atomic mass is 10.1. The molecule has 1 N–H and O–H groups in total. The van der Waals surface area contributed by atoms with Crippen molar-refractivity contribution in [1.82, 2.24) is 5.32 Å². The molecule has 2 rings (SSSR count). The SMILES string of the molecule is COc1ccc([C@@H](C)NC(=O)c2csc(C(C)C)c2)cc1OC. The fourth-order valence-corrected chi connectivity index (χ4v) is 3.17. The van der Waals surface area contributed by atoms with Crippen molar-refractivity contribution in [3.63, 3.8) is 0 Å². The van der Waals surface area contributed by atoms with E-state index in [1.807, 2.05) is 36.6 Å². The third kappa shape index (κ3) is 4.05. The van der Waals surface area contributed by atoms with Gasteiger partial charge in [-0.3, -0.25) is 4.79 Å². The third-order valence-electron chi connectivity index (χ3n) is 3.71. The molecule has 1 amide bonds. The predicted octanol–water partition coefficient (Wildman–Crippen LogP) is 4.38. The van der Waals surface area contributed by atoms with Gasteiger partial charge in [-0.2, -0.15) is 0 Å². The number of carbonyl (C=O) groups is 1. The first kappa shape index (κ1) is 17.3. The van der Waals surface area contributed by atoms with Crippen LogP contribution in [0.15, 0.2) is 29.6 Å². The molecule has 124 valence electrons. The molecule has 4 nitrogen and oxygen atoms in total. The standard InChI is InChI=1S/C18H23NO3S/c1-11(2)17-9-14(10-23-17)18(20)19-12(3)13-6-7-15(21-4)16(8-13)22-5/h6-12H,1-5H3,(H,19,20)/t12-/m1/s1. The molecule has 0 aliphatic rings. The largest absolute Gasteiger partial charge is 0.493 e. The van der Waals surface area contributed by atoms with Crippen molar-refractivity contribution in [1.29, 1.82) is 0 Å². The van der Waals surface area contributed by atoms with Gasteiger partial charge in [0.2, 0.25) is 0 Å². The summed E-state index contributed by atoms with van der Waals surface area (Å²) in [4.78, 5) is 13.6. The van der Waals surface area contributed by atoms with Crippen LogP contribution >= 0.6 is 11.3 Å². The third-order valence-corrected chi connectivity index (χ3v) is 4.94. The van der Waals surface area contributed by atoms with Crippen LogP contribution in [0.1, 0.15) is 53.5 Å². The molecule has 1 atom stereocenters. The fourth-order valence-electron chi connectivity index (χ4n) is 2.26. The zero-order valence-corrected chi connectivity index (χ0v) is 15.0. The molecule has 0 radical (unpaired) electrons. The molecule has 1 aromatic carbocycles. The summed E-state index contributed by atoms with van der Waals surface area (Å²) in [6.45, 7) is 6.20. The molecule has 1 heterocycles. The smallest absolute Gasteiger partial charge is 0.252 e. The van der Waals surface area contributed by atoms with Gasteiger partial charge in [-0.1, -0.05) is 19.9 Å². The van der Waals surface area contributed by atoms with E-state index in [-0.39, 0.29) is 11.9 Å². The molecule has 0 saturated heterocycles. The van der Waals surface area contributed by atoms with E-state index in [0.717, 1.165) is 5.56 Å². The highest BCUT2D eigenvalue weighted by Crippen LogP contribution is 2.30. The van der Waals surface area contributed by atoms with Crippen LogP contribution < -0.4 is 14.8 Å². The number of carbonyl (C=O) groups excluding carboxylic acids is 1. The van der Waals surface area contributed by atoms with Crippen LogP contribution in [0.4, 0.5) is 0 Å². The first-order chi connectivity index (χ1) is 11.0. The first-order valence-electron chi connectivity index (χ1n) is 7.57. The van der Waals surface area contributed by atoms with Gasteiger partial charge < -0.3 is 14.8 Å². The Hall–Kier alpha value is -2.01. The summed E-state index contributed by atoms with van der Waals surface area (Å²) in [6, 6.07) is 7.51. The highest BCUT2D eigenvalue weighted by Gasteiger charge is 2.15. The number of benzene rings is 1. The Morgan fingerprint density at radius 2 is 1.78 bits per heavy atom. The Bertz CT molecular complexity index is 679. The monoisotopic (exact) mass is 333 g/mol. The fraction of sp³-hybridized carbons (Fsp3) is 0.389. The molecule has 0 bridgehead atoms. The van der Waals surface area contributed by atoms with E-state index >= 15 is 0 Å². The summed E-state index contributed by atoms with van der Waals surface area (Å²) in [7, 11) is 3.20. The van der Waals surface area contributed by atoms with Gasteiger partial charge in [0.25, 0.3) is 5.91 Å². The normalized spacial score (nSPS) is 12.1. The average molecular weight is 333 g/mol. The number of rotatable bonds is 6. The second-order valence-electron chi connectivity index (χ2n) is 5.70. The van der Waals surface area contributed by atoms with Crippen LogP contribution in [0.2, 0.25) is 0 Å². The lowest BCUT2D eigenvalue weighted by Gasteiger charge is -2.16. The van der Waals surface area contributed by atoms with E-state index in [9.17, 15) is 4.79 Å². The lowest BCUT2D eigenvalue weighted by molar-refractivity contribution is 0.0940. The Kier molecular flexibility index (Phi) is 5.66. The predicted molar refractivity (Wildman–Crippen MR) is 93.8 cm³/mol. The molecule has 0 aliphatic carbocycles. The van der Waals surface area contributed by atoms with Gasteiger partial charge in [0.1, 0.15) is 0 Å². The summed E-state index contributed by atoms with van der Waals surface area (Å²) < 4.78 is 10.5. The summed E-state index contributed by atoms with van der Waals surface area (Å²) in [6.07, 6.45) is 0. The minimum Gasteiger partial charge on any atom is -0.493 e. The Morgan fingerprint density at radius 3 is 2.35 bits per heavy atom. The van der Waals surface area contributed by atoms with Gasteiger partial charge in [0.15, 0.2) is 11.5 Å². The number of thiophene rings is 1. The molecule has 0 unspecified atom stereocenters. The average Bonchev–Trinajstić information content (AvgIpc) is 3.04. The second kappa shape index (κ2) is 7.51. The maximum Gasteiger partial charge on any atom is 0.252 e. The number of ether oxygens (including phenoxy) is 2. The van der Waals surface area contributed by atoms with E-state index in [1.165, 1.54) is 4.88 Å². The molecule has 5 heteroatoms. The van der Waals surface area contributed by atoms with Crippen LogP contribution in [0.5, 0.6) is 11.5 Å². The van der Waals surface area contributed by atoms with Crippen molar-refractivity contribution in [2.45, 2.75) is 32.7 Å². The molecule has 1 aromatic heterocycles. The van der Waals surface area contributed by atoms with Crippen molar-refractivity contribution < 1.29 is 14.3 Å². The molecule has 0 spiro atoms. The molecule has 0 aliphatic heterocycles.